The lowest BCUT2D eigenvalue weighted by Crippen LogP contribution is -2.38. The van der Waals surface area contributed by atoms with Crippen LogP contribution in [0.2, 0.25) is 0 Å². The zero-order valence-corrected chi connectivity index (χ0v) is 7.21. The molecule has 0 radical (unpaired) electrons. The van der Waals surface area contributed by atoms with Crippen molar-refractivity contribution >= 4 is 14.1 Å². The molecule has 3 atom stereocenters. The average molecular weight is 194 g/mol. The van der Waals surface area contributed by atoms with Crippen LogP contribution < -0.4 is 10.5 Å². The van der Waals surface area contributed by atoms with Gasteiger partial charge in [-0.25, -0.2) is 15.2 Å². The van der Waals surface area contributed by atoms with Crippen molar-refractivity contribution in [3.05, 3.63) is 0 Å². The highest BCUT2D eigenvalue weighted by Crippen LogP contribution is 2.23. The minimum Gasteiger partial charge on any atom is -0.479 e. The maximum Gasteiger partial charge on any atom is 0.610 e. The molecule has 68 valence electrons. The van der Waals surface area contributed by atoms with Gasteiger partial charge in [-0.3, -0.25) is 0 Å². The predicted octanol–water partition coefficient (Wildman–Crippen LogP) is -1.54. The number of hydrogen-bond acceptors (Lipinski definition) is 4. The topological polar surface area (TPSA) is 112 Å². The van der Waals surface area contributed by atoms with Crippen LogP contribution >= 0.6 is 8.18 Å². The summed E-state index contributed by atoms with van der Waals surface area (Å²) in [6.45, 7) is -0.107. The number of carbonyl (C=O) groups is 1. The van der Waals surface area contributed by atoms with Gasteiger partial charge in [-0.2, -0.15) is 0 Å². The zero-order chi connectivity index (χ0) is 9.35. The number of likely N-dealkylation sites (N-methyl/N-ethyl adjacent to an activating group) is 1. The first kappa shape index (κ1) is 9.50. The smallest absolute Gasteiger partial charge is 0.479 e. The van der Waals surface area contributed by atoms with Gasteiger partial charge in [-0.15, -0.1) is 4.89 Å². The van der Waals surface area contributed by atoms with E-state index >= 15 is 0 Å². The van der Waals surface area contributed by atoms with E-state index in [9.17, 15) is 9.36 Å². The first-order valence-electron chi connectivity index (χ1n) is 3.14. The third-order valence-corrected chi connectivity index (χ3v) is 2.13. The van der Waals surface area contributed by atoms with E-state index < -0.39 is 19.8 Å². The molecule has 8 heteroatoms. The van der Waals surface area contributed by atoms with Gasteiger partial charge < -0.3 is 5.11 Å². The molecule has 7 nitrogen and oxygen atoms in total. The van der Waals surface area contributed by atoms with Crippen LogP contribution in [-0.2, 0) is 9.36 Å². The zero-order valence-electron chi connectivity index (χ0n) is 6.31. The van der Waals surface area contributed by atoms with E-state index in [1.165, 1.54) is 5.01 Å². The first-order valence-corrected chi connectivity index (χ1v) is 4.35. The van der Waals surface area contributed by atoms with Crippen molar-refractivity contribution in [2.75, 3.05) is 13.6 Å². The molecule has 1 heterocycles. The normalized spacial score (nSPS) is 34.5. The molecule has 4 N–H and O–H groups in total. The molecule has 0 bridgehead atoms. The summed E-state index contributed by atoms with van der Waals surface area (Å²) in [5.74, 6) is -1.07. The lowest BCUT2D eigenvalue weighted by Gasteiger charge is -2.02. The van der Waals surface area contributed by atoms with Gasteiger partial charge in [0, 0.05) is 7.05 Å². The lowest BCUT2D eigenvalue weighted by atomic mass is 10.2. The molecule has 0 aliphatic carbocycles. The number of aliphatic carboxylic acids is 1. The summed E-state index contributed by atoms with van der Waals surface area (Å²) in [6, 6.07) is 0. The Bertz CT molecular complexity index is 234. The SMILES string of the molecule is CN1N[C@]1(CN[P+](=O)O)C(=O)O. The van der Waals surface area contributed by atoms with Crippen molar-refractivity contribution in [2.45, 2.75) is 5.66 Å². The number of carboxylic acid groups (broad SMARTS) is 1. The molecule has 1 aliphatic heterocycles. The van der Waals surface area contributed by atoms with Gasteiger partial charge in [-0.05, 0) is 4.57 Å². The molecule has 0 aromatic carbocycles. The van der Waals surface area contributed by atoms with Gasteiger partial charge in [0.1, 0.15) is 0 Å². The van der Waals surface area contributed by atoms with Crippen molar-refractivity contribution < 1.29 is 19.4 Å². The minimum absolute atomic E-state index is 0.107. The summed E-state index contributed by atoms with van der Waals surface area (Å²) in [6.07, 6.45) is 0. The number of carboxylic acids is 1. The predicted molar refractivity (Wildman–Crippen MR) is 39.1 cm³/mol. The van der Waals surface area contributed by atoms with Crippen molar-refractivity contribution in [3.63, 3.8) is 0 Å². The third kappa shape index (κ3) is 1.60. The molecule has 0 aromatic rings. The molecule has 1 rings (SSSR count). The number of nitrogens with zero attached hydrogens (tertiary/aromatic N) is 1. The Balaban J connectivity index is 2.48. The fraction of sp³-hybridized carbons (Fsp3) is 0.750. The summed E-state index contributed by atoms with van der Waals surface area (Å²) < 4.78 is 10.2. The maximum atomic E-state index is 10.6. The lowest BCUT2D eigenvalue weighted by molar-refractivity contribution is -0.141. The molecule has 1 saturated heterocycles. The fourth-order valence-corrected chi connectivity index (χ4v) is 1.22. The largest absolute Gasteiger partial charge is 0.610 e. The summed E-state index contributed by atoms with van der Waals surface area (Å²) in [4.78, 5) is 19.0. The molecular formula is C4H9N3O4P+. The Morgan fingerprint density at radius 1 is 1.83 bits per heavy atom. The summed E-state index contributed by atoms with van der Waals surface area (Å²) in [5, 5.41) is 12.2. The minimum atomic E-state index is -2.50. The summed E-state index contributed by atoms with van der Waals surface area (Å²) >= 11 is 0. The van der Waals surface area contributed by atoms with Crippen LogP contribution in [0.15, 0.2) is 0 Å². The molecule has 2 unspecified atom stereocenters. The van der Waals surface area contributed by atoms with Gasteiger partial charge in [-0.1, -0.05) is 5.09 Å². The highest BCUT2D eigenvalue weighted by Gasteiger charge is 2.57. The van der Waals surface area contributed by atoms with E-state index in [1.807, 2.05) is 0 Å². The van der Waals surface area contributed by atoms with Crippen LogP contribution in [0.25, 0.3) is 0 Å². The second kappa shape index (κ2) is 3.04. The Morgan fingerprint density at radius 2 is 2.33 bits per heavy atom. The number of rotatable bonds is 4. The molecule has 1 aliphatic rings. The van der Waals surface area contributed by atoms with Crippen molar-refractivity contribution in [3.8, 4) is 0 Å². The Kier molecular flexibility index (Phi) is 2.41. The second-order valence-corrected chi connectivity index (χ2v) is 3.31. The average Bonchev–Trinajstić information content (AvgIpc) is 2.59. The van der Waals surface area contributed by atoms with Crippen LogP contribution in [0, 0.1) is 0 Å². The molecule has 0 aromatic heterocycles. The molecular weight excluding hydrogens is 185 g/mol. The quantitative estimate of drug-likeness (QED) is 0.317. The van der Waals surface area contributed by atoms with Gasteiger partial charge >= 0.3 is 14.1 Å². The van der Waals surface area contributed by atoms with E-state index in [4.69, 9.17) is 10.00 Å². The van der Waals surface area contributed by atoms with E-state index in [0.29, 0.717) is 0 Å². The number of hydrazine groups is 1. The van der Waals surface area contributed by atoms with Crippen molar-refractivity contribution in [1.29, 1.82) is 0 Å². The van der Waals surface area contributed by atoms with Crippen molar-refractivity contribution in [2.24, 2.45) is 0 Å². The van der Waals surface area contributed by atoms with E-state index in [0.717, 1.165) is 0 Å². The van der Waals surface area contributed by atoms with E-state index in [-0.39, 0.29) is 6.54 Å². The Labute approximate surface area is 69.3 Å². The number of nitrogens with one attached hydrogen (secondary N) is 2. The molecule has 0 saturated carbocycles. The highest BCUT2D eigenvalue weighted by atomic mass is 31.1. The van der Waals surface area contributed by atoms with Crippen molar-refractivity contribution in [1.82, 2.24) is 15.5 Å². The van der Waals surface area contributed by atoms with Gasteiger partial charge in [0.15, 0.2) is 0 Å². The van der Waals surface area contributed by atoms with Gasteiger partial charge in [0.25, 0.3) is 0 Å². The maximum absolute atomic E-state index is 10.6. The van der Waals surface area contributed by atoms with Crippen LogP contribution in [0.3, 0.4) is 0 Å². The van der Waals surface area contributed by atoms with Crippen LogP contribution in [-0.4, -0.2) is 40.2 Å². The molecule has 12 heavy (non-hydrogen) atoms. The third-order valence-electron chi connectivity index (χ3n) is 1.70. The Morgan fingerprint density at radius 3 is 2.58 bits per heavy atom. The summed E-state index contributed by atoms with van der Waals surface area (Å²) in [7, 11) is -0.957. The van der Waals surface area contributed by atoms with Crippen LogP contribution in [0.4, 0.5) is 0 Å². The van der Waals surface area contributed by atoms with Gasteiger partial charge in [0.2, 0.25) is 5.66 Å². The first-order chi connectivity index (χ1) is 5.49. The monoisotopic (exact) mass is 194 g/mol. The summed E-state index contributed by atoms with van der Waals surface area (Å²) in [5.41, 5.74) is 1.32. The number of hydrogen-bond donors (Lipinski definition) is 4. The molecule has 0 spiro atoms. The molecule has 0 amide bonds. The fourth-order valence-electron chi connectivity index (χ4n) is 0.859. The second-order valence-electron chi connectivity index (χ2n) is 2.44. The van der Waals surface area contributed by atoms with E-state index in [1.54, 1.807) is 7.05 Å². The molecule has 1 fully saturated rings. The van der Waals surface area contributed by atoms with Gasteiger partial charge in [0.05, 0.1) is 6.54 Å². The highest BCUT2D eigenvalue weighted by molar-refractivity contribution is 7.35. The van der Waals surface area contributed by atoms with E-state index in [2.05, 4.69) is 10.5 Å². The Hall–Kier alpha value is -0.590. The standard InChI is InChI=1S/C4H8N3O4P/c1-7-4(6-7,3(8)9)2-5-12(10)11/h6H,2H2,1H3,(H2-,5,8,9,10,11)/p+1/t4-,7?/m0/s1. The van der Waals surface area contributed by atoms with Crippen LogP contribution in [0.5, 0.6) is 0 Å². The van der Waals surface area contributed by atoms with Crippen LogP contribution in [0.1, 0.15) is 0 Å².